The van der Waals surface area contributed by atoms with E-state index in [0.717, 1.165) is 38.5 Å². The summed E-state index contributed by atoms with van der Waals surface area (Å²) in [5.41, 5.74) is -0.0249. The molecule has 2 aliphatic rings. The van der Waals surface area contributed by atoms with Crippen LogP contribution in [0.15, 0.2) is 0 Å². The molecular weight excluding hydrogens is 250 g/mol. The molecule has 2 unspecified atom stereocenters. The molecule has 2 aliphatic carbocycles. The van der Waals surface area contributed by atoms with Crippen molar-refractivity contribution < 1.29 is 9.84 Å². The zero-order chi connectivity index (χ0) is 14.3. The molecule has 0 aromatic rings. The van der Waals surface area contributed by atoms with Crippen LogP contribution in [0.4, 0.5) is 0 Å². The minimum atomic E-state index is -0.0249. The molecule has 2 atom stereocenters. The van der Waals surface area contributed by atoms with Crippen LogP contribution in [-0.4, -0.2) is 37.0 Å². The van der Waals surface area contributed by atoms with E-state index >= 15 is 0 Å². The number of likely N-dealkylation sites (N-methyl/N-ethyl adjacent to an activating group) is 1. The molecule has 118 valence electrons. The third-order valence-corrected chi connectivity index (χ3v) is 5.46. The van der Waals surface area contributed by atoms with Crippen LogP contribution >= 0.6 is 0 Å². The van der Waals surface area contributed by atoms with E-state index in [0.29, 0.717) is 5.92 Å². The largest absolute Gasteiger partial charge is 0.394 e. The van der Waals surface area contributed by atoms with E-state index in [2.05, 4.69) is 12.2 Å². The molecule has 0 bridgehead atoms. The van der Waals surface area contributed by atoms with Crippen molar-refractivity contribution in [2.24, 2.45) is 11.8 Å². The Morgan fingerprint density at radius 3 is 2.65 bits per heavy atom. The summed E-state index contributed by atoms with van der Waals surface area (Å²) in [7, 11) is 0. The van der Waals surface area contributed by atoms with Gasteiger partial charge in [-0.1, -0.05) is 32.6 Å². The standard InChI is InChI=1S/C17H33NO2/c1-2-18-17(14-19)11-6-9-16(17)10-12-20-13-15-7-4-3-5-8-15/h15-16,18-19H,2-14H2,1H3. The molecular formula is C17H33NO2. The molecule has 0 saturated heterocycles. The number of hydrogen-bond acceptors (Lipinski definition) is 3. The van der Waals surface area contributed by atoms with Gasteiger partial charge in [0.2, 0.25) is 0 Å². The van der Waals surface area contributed by atoms with Crippen molar-refractivity contribution in [3.63, 3.8) is 0 Å². The van der Waals surface area contributed by atoms with Gasteiger partial charge in [-0.05, 0) is 50.5 Å². The summed E-state index contributed by atoms with van der Waals surface area (Å²) >= 11 is 0. The van der Waals surface area contributed by atoms with Crippen molar-refractivity contribution in [3.05, 3.63) is 0 Å². The van der Waals surface area contributed by atoms with Gasteiger partial charge in [0.25, 0.3) is 0 Å². The number of aliphatic hydroxyl groups excluding tert-OH is 1. The van der Waals surface area contributed by atoms with Gasteiger partial charge in [-0.25, -0.2) is 0 Å². The van der Waals surface area contributed by atoms with Gasteiger partial charge in [-0.15, -0.1) is 0 Å². The molecule has 0 radical (unpaired) electrons. The molecule has 2 saturated carbocycles. The number of aliphatic hydroxyl groups is 1. The topological polar surface area (TPSA) is 41.5 Å². The fourth-order valence-electron chi connectivity index (χ4n) is 4.24. The Hall–Kier alpha value is -0.120. The second-order valence-electron chi connectivity index (χ2n) is 6.80. The Labute approximate surface area is 124 Å². The first kappa shape index (κ1) is 16.3. The normalized spacial score (nSPS) is 31.8. The highest BCUT2D eigenvalue weighted by Gasteiger charge is 2.41. The van der Waals surface area contributed by atoms with Crippen LogP contribution in [0.3, 0.4) is 0 Å². The fraction of sp³-hybridized carbons (Fsp3) is 1.00. The average Bonchev–Trinajstić information content (AvgIpc) is 2.88. The lowest BCUT2D eigenvalue weighted by atomic mass is 9.85. The van der Waals surface area contributed by atoms with E-state index in [1.807, 2.05) is 0 Å². The summed E-state index contributed by atoms with van der Waals surface area (Å²) in [6.07, 6.45) is 11.6. The van der Waals surface area contributed by atoms with Gasteiger partial charge in [-0.3, -0.25) is 0 Å². The maximum atomic E-state index is 9.78. The Morgan fingerprint density at radius 1 is 1.15 bits per heavy atom. The van der Waals surface area contributed by atoms with Crippen LogP contribution in [0.5, 0.6) is 0 Å². The Morgan fingerprint density at radius 2 is 1.95 bits per heavy atom. The quantitative estimate of drug-likeness (QED) is 0.673. The van der Waals surface area contributed by atoms with Crippen molar-refractivity contribution in [3.8, 4) is 0 Å². The van der Waals surface area contributed by atoms with Crippen molar-refractivity contribution in [1.82, 2.24) is 5.32 Å². The van der Waals surface area contributed by atoms with E-state index in [9.17, 15) is 5.11 Å². The summed E-state index contributed by atoms with van der Waals surface area (Å²) in [6, 6.07) is 0. The summed E-state index contributed by atoms with van der Waals surface area (Å²) in [6.45, 7) is 5.18. The van der Waals surface area contributed by atoms with E-state index in [4.69, 9.17) is 4.74 Å². The highest BCUT2D eigenvalue weighted by molar-refractivity contribution is 4.98. The molecule has 0 amide bonds. The van der Waals surface area contributed by atoms with E-state index in [1.165, 1.54) is 44.9 Å². The first-order chi connectivity index (χ1) is 9.80. The minimum absolute atomic E-state index is 0.0249. The van der Waals surface area contributed by atoms with E-state index < -0.39 is 0 Å². The minimum Gasteiger partial charge on any atom is -0.394 e. The van der Waals surface area contributed by atoms with Crippen LogP contribution in [0.25, 0.3) is 0 Å². The SMILES string of the molecule is CCNC1(CO)CCCC1CCOCC1CCCCC1. The predicted octanol–water partition coefficient (Wildman–Crippen LogP) is 3.11. The third kappa shape index (κ3) is 4.19. The van der Waals surface area contributed by atoms with Crippen molar-refractivity contribution in [2.45, 2.75) is 70.3 Å². The highest BCUT2D eigenvalue weighted by Crippen LogP contribution is 2.37. The van der Waals surface area contributed by atoms with Gasteiger partial charge >= 0.3 is 0 Å². The first-order valence-electron chi connectivity index (χ1n) is 8.74. The summed E-state index contributed by atoms with van der Waals surface area (Å²) in [5.74, 6) is 1.39. The summed E-state index contributed by atoms with van der Waals surface area (Å²) in [5, 5.41) is 13.3. The molecule has 3 heteroatoms. The lowest BCUT2D eigenvalue weighted by Gasteiger charge is -2.35. The smallest absolute Gasteiger partial charge is 0.0616 e. The first-order valence-corrected chi connectivity index (χ1v) is 8.74. The lowest BCUT2D eigenvalue weighted by molar-refractivity contribution is 0.0563. The van der Waals surface area contributed by atoms with Gasteiger partial charge in [0.05, 0.1) is 6.61 Å². The molecule has 3 nitrogen and oxygen atoms in total. The molecule has 0 aromatic heterocycles. The van der Waals surface area contributed by atoms with Gasteiger partial charge in [0, 0.05) is 18.8 Å². The van der Waals surface area contributed by atoms with Gasteiger partial charge in [0.1, 0.15) is 0 Å². The van der Waals surface area contributed by atoms with Crippen LogP contribution < -0.4 is 5.32 Å². The van der Waals surface area contributed by atoms with Crippen molar-refractivity contribution in [2.75, 3.05) is 26.4 Å². The van der Waals surface area contributed by atoms with Crippen LogP contribution in [0, 0.1) is 11.8 Å². The summed E-state index contributed by atoms with van der Waals surface area (Å²) in [4.78, 5) is 0. The average molecular weight is 283 g/mol. The monoisotopic (exact) mass is 283 g/mol. The molecule has 2 rings (SSSR count). The molecule has 0 aliphatic heterocycles. The van der Waals surface area contributed by atoms with Crippen LogP contribution in [0.2, 0.25) is 0 Å². The second-order valence-corrected chi connectivity index (χ2v) is 6.80. The number of rotatable bonds is 8. The fourth-order valence-corrected chi connectivity index (χ4v) is 4.24. The van der Waals surface area contributed by atoms with Crippen molar-refractivity contribution in [1.29, 1.82) is 0 Å². The third-order valence-electron chi connectivity index (χ3n) is 5.46. The molecule has 2 fully saturated rings. The molecule has 20 heavy (non-hydrogen) atoms. The van der Waals surface area contributed by atoms with E-state index in [1.54, 1.807) is 0 Å². The highest BCUT2D eigenvalue weighted by atomic mass is 16.5. The maximum Gasteiger partial charge on any atom is 0.0616 e. The Kier molecular flexibility index (Phi) is 6.79. The number of hydrogen-bond donors (Lipinski definition) is 2. The predicted molar refractivity (Wildman–Crippen MR) is 82.8 cm³/mol. The zero-order valence-corrected chi connectivity index (χ0v) is 13.2. The molecule has 0 aromatic carbocycles. The van der Waals surface area contributed by atoms with Crippen LogP contribution in [0.1, 0.15) is 64.7 Å². The molecule has 0 heterocycles. The summed E-state index contributed by atoms with van der Waals surface area (Å²) < 4.78 is 5.94. The number of nitrogens with one attached hydrogen (secondary N) is 1. The number of ether oxygens (including phenoxy) is 1. The molecule has 0 spiro atoms. The van der Waals surface area contributed by atoms with E-state index in [-0.39, 0.29) is 12.1 Å². The second kappa shape index (κ2) is 8.35. The van der Waals surface area contributed by atoms with Crippen molar-refractivity contribution >= 4 is 0 Å². The van der Waals surface area contributed by atoms with Gasteiger partial charge < -0.3 is 15.2 Å². The zero-order valence-electron chi connectivity index (χ0n) is 13.2. The van der Waals surface area contributed by atoms with Gasteiger partial charge in [-0.2, -0.15) is 0 Å². The van der Waals surface area contributed by atoms with Gasteiger partial charge in [0.15, 0.2) is 0 Å². The van der Waals surface area contributed by atoms with Crippen LogP contribution in [-0.2, 0) is 4.74 Å². The Balaban J connectivity index is 1.67. The lowest BCUT2D eigenvalue weighted by Crippen LogP contribution is -2.51. The molecule has 2 N–H and O–H groups in total. The maximum absolute atomic E-state index is 9.78. The Bertz CT molecular complexity index is 266.